The van der Waals surface area contributed by atoms with E-state index in [9.17, 15) is 4.79 Å². The maximum Gasteiger partial charge on any atom is 0.256 e. The smallest absolute Gasteiger partial charge is 0.256 e. The lowest BCUT2D eigenvalue weighted by Gasteiger charge is -2.16. The summed E-state index contributed by atoms with van der Waals surface area (Å²) in [6.45, 7) is 0.525. The second kappa shape index (κ2) is 4.80. The number of para-hydroxylation sites is 1. The number of aromatic nitrogens is 4. The standard InChI is InChI=1S/C14H15N5O/c1-18(8-10-6-16-19(2)9-10)14(20)12-5-3-4-11-7-15-17-13(11)12/h3-7,9H,8H2,1-2H3,(H,15,17). The average molecular weight is 269 g/mol. The molecule has 1 N–H and O–H groups in total. The molecular formula is C14H15N5O. The Balaban J connectivity index is 1.86. The Hall–Kier alpha value is -2.63. The third-order valence-corrected chi connectivity index (χ3v) is 3.23. The molecule has 1 aromatic carbocycles. The minimum Gasteiger partial charge on any atom is -0.337 e. The minimum absolute atomic E-state index is 0.0382. The van der Waals surface area contributed by atoms with Gasteiger partial charge in [0.05, 0.1) is 23.5 Å². The average Bonchev–Trinajstić information content (AvgIpc) is 3.06. The third kappa shape index (κ3) is 2.16. The van der Waals surface area contributed by atoms with Crippen LogP contribution in [0.5, 0.6) is 0 Å². The molecule has 1 amide bonds. The van der Waals surface area contributed by atoms with E-state index in [1.54, 1.807) is 29.0 Å². The number of fused-ring (bicyclic) bond motifs is 1. The topological polar surface area (TPSA) is 66.8 Å². The van der Waals surface area contributed by atoms with Crippen LogP contribution >= 0.6 is 0 Å². The van der Waals surface area contributed by atoms with E-state index in [1.165, 1.54) is 0 Å². The monoisotopic (exact) mass is 269 g/mol. The first kappa shape index (κ1) is 12.4. The van der Waals surface area contributed by atoms with Gasteiger partial charge in [-0.15, -0.1) is 0 Å². The number of amides is 1. The molecular weight excluding hydrogens is 254 g/mol. The van der Waals surface area contributed by atoms with E-state index in [0.717, 1.165) is 16.5 Å². The summed E-state index contributed by atoms with van der Waals surface area (Å²) >= 11 is 0. The highest BCUT2D eigenvalue weighted by molar-refractivity contribution is 6.05. The van der Waals surface area contributed by atoms with Gasteiger partial charge in [0.15, 0.2) is 0 Å². The number of hydrogen-bond donors (Lipinski definition) is 1. The van der Waals surface area contributed by atoms with Gasteiger partial charge >= 0.3 is 0 Å². The molecule has 2 aromatic heterocycles. The molecule has 0 saturated carbocycles. The first-order chi connectivity index (χ1) is 9.65. The highest BCUT2D eigenvalue weighted by atomic mass is 16.2. The highest BCUT2D eigenvalue weighted by Crippen LogP contribution is 2.17. The SMILES string of the molecule is CN(Cc1cnn(C)c1)C(=O)c1cccc2cn[nH]c12. The Bertz CT molecular complexity index is 758. The van der Waals surface area contributed by atoms with Crippen LogP contribution in [-0.4, -0.2) is 37.8 Å². The molecule has 0 bridgehead atoms. The van der Waals surface area contributed by atoms with E-state index in [2.05, 4.69) is 15.3 Å². The van der Waals surface area contributed by atoms with Crippen molar-refractivity contribution in [3.05, 3.63) is 47.9 Å². The van der Waals surface area contributed by atoms with E-state index >= 15 is 0 Å². The van der Waals surface area contributed by atoms with Gasteiger partial charge in [0, 0.05) is 37.8 Å². The number of benzene rings is 1. The van der Waals surface area contributed by atoms with Gasteiger partial charge in [-0.25, -0.2) is 0 Å². The van der Waals surface area contributed by atoms with Gasteiger partial charge in [-0.1, -0.05) is 12.1 Å². The van der Waals surface area contributed by atoms with Gasteiger partial charge in [-0.05, 0) is 6.07 Å². The van der Waals surface area contributed by atoms with Crippen LogP contribution in [0.2, 0.25) is 0 Å². The first-order valence-electron chi connectivity index (χ1n) is 6.30. The van der Waals surface area contributed by atoms with E-state index in [1.807, 2.05) is 31.4 Å². The molecule has 0 atom stereocenters. The molecule has 0 aliphatic carbocycles. The van der Waals surface area contributed by atoms with Crippen LogP contribution in [0, 0.1) is 0 Å². The van der Waals surface area contributed by atoms with Crippen LogP contribution < -0.4 is 0 Å². The zero-order valence-corrected chi connectivity index (χ0v) is 11.4. The van der Waals surface area contributed by atoms with Crippen molar-refractivity contribution >= 4 is 16.8 Å². The fourth-order valence-electron chi connectivity index (χ4n) is 2.25. The fourth-order valence-corrected chi connectivity index (χ4v) is 2.25. The summed E-state index contributed by atoms with van der Waals surface area (Å²) in [4.78, 5) is 14.2. The molecule has 2 heterocycles. The zero-order chi connectivity index (χ0) is 14.1. The number of nitrogens with one attached hydrogen (secondary N) is 1. The van der Waals surface area contributed by atoms with Crippen molar-refractivity contribution in [2.24, 2.45) is 7.05 Å². The normalized spacial score (nSPS) is 10.9. The van der Waals surface area contributed by atoms with Crippen molar-refractivity contribution in [2.45, 2.75) is 6.54 Å². The van der Waals surface area contributed by atoms with Crippen molar-refractivity contribution in [1.29, 1.82) is 0 Å². The molecule has 3 rings (SSSR count). The minimum atomic E-state index is -0.0382. The molecule has 0 radical (unpaired) electrons. The molecule has 0 fully saturated rings. The van der Waals surface area contributed by atoms with Crippen LogP contribution in [0.4, 0.5) is 0 Å². The summed E-state index contributed by atoms with van der Waals surface area (Å²) in [6, 6.07) is 5.60. The lowest BCUT2D eigenvalue weighted by molar-refractivity contribution is 0.0787. The number of rotatable bonds is 3. The summed E-state index contributed by atoms with van der Waals surface area (Å²) in [5, 5.41) is 11.9. The van der Waals surface area contributed by atoms with E-state index in [4.69, 9.17) is 0 Å². The molecule has 0 saturated heterocycles. The van der Waals surface area contributed by atoms with Gasteiger partial charge in [-0.3, -0.25) is 14.6 Å². The molecule has 0 aliphatic heterocycles. The summed E-state index contributed by atoms with van der Waals surface area (Å²) in [5.41, 5.74) is 2.40. The van der Waals surface area contributed by atoms with Crippen molar-refractivity contribution in [3.8, 4) is 0 Å². The van der Waals surface area contributed by atoms with Crippen LogP contribution in [0.15, 0.2) is 36.8 Å². The van der Waals surface area contributed by atoms with Crippen LogP contribution in [0.3, 0.4) is 0 Å². The van der Waals surface area contributed by atoms with Gasteiger partial charge in [0.1, 0.15) is 0 Å². The fraction of sp³-hybridized carbons (Fsp3) is 0.214. The molecule has 3 aromatic rings. The molecule has 102 valence electrons. The lowest BCUT2D eigenvalue weighted by atomic mass is 10.1. The number of carbonyl (C=O) groups excluding carboxylic acids is 1. The maximum absolute atomic E-state index is 12.5. The molecule has 6 nitrogen and oxygen atoms in total. The van der Waals surface area contributed by atoms with E-state index in [0.29, 0.717) is 12.1 Å². The molecule has 6 heteroatoms. The quantitative estimate of drug-likeness (QED) is 0.784. The van der Waals surface area contributed by atoms with E-state index in [-0.39, 0.29) is 5.91 Å². The van der Waals surface area contributed by atoms with Gasteiger partial charge in [-0.2, -0.15) is 10.2 Å². The summed E-state index contributed by atoms with van der Waals surface area (Å²) in [6.07, 6.45) is 5.38. The summed E-state index contributed by atoms with van der Waals surface area (Å²) in [7, 11) is 3.64. The zero-order valence-electron chi connectivity index (χ0n) is 11.4. The number of aromatic amines is 1. The van der Waals surface area contributed by atoms with Crippen molar-refractivity contribution in [2.75, 3.05) is 7.05 Å². The first-order valence-corrected chi connectivity index (χ1v) is 6.30. The molecule has 20 heavy (non-hydrogen) atoms. The van der Waals surface area contributed by atoms with Gasteiger partial charge in [0.25, 0.3) is 5.91 Å². The lowest BCUT2D eigenvalue weighted by Crippen LogP contribution is -2.26. The highest BCUT2D eigenvalue weighted by Gasteiger charge is 2.16. The predicted octanol–water partition coefficient (Wildman–Crippen LogP) is 1.57. The predicted molar refractivity (Wildman–Crippen MR) is 75.1 cm³/mol. The Morgan fingerprint density at radius 2 is 2.25 bits per heavy atom. The van der Waals surface area contributed by atoms with Crippen LogP contribution in [0.25, 0.3) is 10.9 Å². The number of H-pyrrole nitrogens is 1. The Labute approximate surface area is 116 Å². The van der Waals surface area contributed by atoms with Crippen molar-refractivity contribution in [1.82, 2.24) is 24.9 Å². The number of aryl methyl sites for hydroxylation is 1. The maximum atomic E-state index is 12.5. The number of carbonyl (C=O) groups is 1. The second-order valence-corrected chi connectivity index (χ2v) is 4.82. The van der Waals surface area contributed by atoms with Crippen molar-refractivity contribution < 1.29 is 4.79 Å². The Morgan fingerprint density at radius 1 is 1.40 bits per heavy atom. The second-order valence-electron chi connectivity index (χ2n) is 4.82. The number of hydrogen-bond acceptors (Lipinski definition) is 3. The largest absolute Gasteiger partial charge is 0.337 e. The van der Waals surface area contributed by atoms with E-state index < -0.39 is 0 Å². The Kier molecular flexibility index (Phi) is 2.98. The molecule has 0 unspecified atom stereocenters. The molecule has 0 spiro atoms. The summed E-state index contributed by atoms with van der Waals surface area (Å²) < 4.78 is 1.73. The number of nitrogens with zero attached hydrogens (tertiary/aromatic N) is 4. The van der Waals surface area contributed by atoms with Crippen LogP contribution in [0.1, 0.15) is 15.9 Å². The van der Waals surface area contributed by atoms with Crippen molar-refractivity contribution in [3.63, 3.8) is 0 Å². The van der Waals surface area contributed by atoms with Crippen LogP contribution in [-0.2, 0) is 13.6 Å². The molecule has 0 aliphatic rings. The van der Waals surface area contributed by atoms with Gasteiger partial charge < -0.3 is 4.90 Å². The summed E-state index contributed by atoms with van der Waals surface area (Å²) in [5.74, 6) is -0.0382. The third-order valence-electron chi connectivity index (χ3n) is 3.23. The van der Waals surface area contributed by atoms with Gasteiger partial charge in [0.2, 0.25) is 0 Å². The Morgan fingerprint density at radius 3 is 3.00 bits per heavy atom.